The van der Waals surface area contributed by atoms with Crippen LogP contribution in [0, 0.1) is 0 Å². The van der Waals surface area contributed by atoms with Gasteiger partial charge in [0.25, 0.3) is 0 Å². The van der Waals surface area contributed by atoms with Crippen LogP contribution in [0.1, 0.15) is 25.3 Å². The highest BCUT2D eigenvalue weighted by Gasteiger charge is 2.49. The van der Waals surface area contributed by atoms with Gasteiger partial charge < -0.3 is 10.5 Å². The summed E-state index contributed by atoms with van der Waals surface area (Å²) in [5.74, 6) is -1.84. The predicted octanol–water partition coefficient (Wildman–Crippen LogP) is 0.518. The number of amides is 1. The van der Waals surface area contributed by atoms with Crippen LogP contribution in [0.15, 0.2) is 30.3 Å². The first kappa shape index (κ1) is 17.3. The summed E-state index contributed by atoms with van der Waals surface area (Å²) in [6, 6.07) is 7.99. The van der Waals surface area contributed by atoms with Gasteiger partial charge in [0.2, 0.25) is 6.04 Å². The van der Waals surface area contributed by atoms with Crippen LogP contribution in [0.4, 0.5) is 0 Å². The van der Waals surface area contributed by atoms with E-state index in [1.807, 2.05) is 30.3 Å². The number of likely N-dealkylation sites (tertiary alicyclic amines) is 1. The van der Waals surface area contributed by atoms with Gasteiger partial charge in [0.1, 0.15) is 12.6 Å². The molecular weight excluding hydrogens is 296 g/mol. The number of carbonyl (C=O) groups excluding carboxylic acids is 3. The van der Waals surface area contributed by atoms with Crippen LogP contribution in [-0.2, 0) is 25.5 Å². The summed E-state index contributed by atoms with van der Waals surface area (Å²) in [6.07, 6.45) is 1.55. The minimum atomic E-state index is -0.881. The number of benzene rings is 1. The predicted molar refractivity (Wildman–Crippen MR) is 84.8 cm³/mol. The van der Waals surface area contributed by atoms with Crippen LogP contribution >= 0.6 is 0 Å². The lowest BCUT2D eigenvalue weighted by Gasteiger charge is -2.15. The first-order valence-electron chi connectivity index (χ1n) is 7.85. The van der Waals surface area contributed by atoms with E-state index < -0.39 is 23.8 Å². The molecule has 0 bridgehead atoms. The molecule has 23 heavy (non-hydrogen) atoms. The number of ether oxygens (including phenoxy) is 1. The van der Waals surface area contributed by atoms with Gasteiger partial charge in [-0.15, -0.1) is 0 Å². The number of hydrogen-bond acceptors (Lipinski definition) is 5. The van der Waals surface area contributed by atoms with Crippen molar-refractivity contribution in [2.24, 2.45) is 5.73 Å². The summed E-state index contributed by atoms with van der Waals surface area (Å²) in [6.45, 7) is 2.22. The van der Waals surface area contributed by atoms with Gasteiger partial charge >= 0.3 is 17.7 Å². The monoisotopic (exact) mass is 318 g/mol. The minimum Gasteiger partial charge on any atom is -0.460 e. The molecule has 1 heterocycles. The van der Waals surface area contributed by atoms with E-state index in [9.17, 15) is 14.4 Å². The van der Waals surface area contributed by atoms with E-state index in [-0.39, 0.29) is 12.5 Å². The van der Waals surface area contributed by atoms with Crippen LogP contribution in [0.3, 0.4) is 0 Å². The minimum absolute atomic E-state index is 0.138. The van der Waals surface area contributed by atoms with Crippen molar-refractivity contribution in [2.45, 2.75) is 38.3 Å². The number of Topliss-reactive ketones (excluding diaryl/α,β-unsaturated/α-hetero) is 1. The second kappa shape index (κ2) is 7.99. The smallest absolute Gasteiger partial charge is 0.381 e. The maximum Gasteiger partial charge on any atom is 0.381 e. The lowest BCUT2D eigenvalue weighted by Crippen LogP contribution is -2.54. The molecule has 1 radical (unpaired) electrons. The standard InChI is InChI=1S/C17H22N2O4/c1-2-23-17(22)15(20)14-9-6-10-19(14)16(21)13(18)11-12-7-4-3-5-8-12/h3-5,7-8,13-14H,2,6,9-11,18H2,1H3/q+1/t13-,14+/m1/s1. The molecule has 6 heteroatoms. The van der Waals surface area contributed by atoms with Crippen molar-refractivity contribution in [3.63, 3.8) is 0 Å². The third-order valence-corrected chi connectivity index (χ3v) is 3.93. The molecule has 1 amide bonds. The summed E-state index contributed by atoms with van der Waals surface area (Å²) in [7, 11) is 0. The number of rotatable bonds is 6. The summed E-state index contributed by atoms with van der Waals surface area (Å²) in [5, 5.41) is 0. The molecule has 0 aliphatic carbocycles. The Morgan fingerprint density at radius 3 is 2.65 bits per heavy atom. The van der Waals surface area contributed by atoms with Gasteiger partial charge in [-0.1, -0.05) is 35.2 Å². The molecule has 1 aliphatic rings. The van der Waals surface area contributed by atoms with E-state index in [2.05, 4.69) is 0 Å². The van der Waals surface area contributed by atoms with Gasteiger partial charge in [-0.2, -0.15) is 0 Å². The van der Waals surface area contributed by atoms with Crippen LogP contribution in [0.5, 0.6) is 0 Å². The molecule has 2 atom stereocenters. The molecular formula is C17H22N2O4+. The molecule has 0 aromatic heterocycles. The summed E-state index contributed by atoms with van der Waals surface area (Å²) < 4.78 is 4.74. The van der Waals surface area contributed by atoms with Crippen molar-refractivity contribution >= 4 is 17.7 Å². The second-order valence-electron chi connectivity index (χ2n) is 5.57. The normalized spacial score (nSPS) is 19.3. The molecule has 0 spiro atoms. The van der Waals surface area contributed by atoms with Gasteiger partial charge in [0, 0.05) is 19.3 Å². The number of nitrogens with two attached hydrogens (primary N) is 1. The van der Waals surface area contributed by atoms with Crippen molar-refractivity contribution in [2.75, 3.05) is 13.2 Å². The maximum atomic E-state index is 12.5. The van der Waals surface area contributed by atoms with Gasteiger partial charge in [-0.05, 0) is 12.5 Å². The zero-order chi connectivity index (χ0) is 16.8. The second-order valence-corrected chi connectivity index (χ2v) is 5.57. The van der Waals surface area contributed by atoms with E-state index in [0.717, 1.165) is 5.56 Å². The van der Waals surface area contributed by atoms with Crippen molar-refractivity contribution in [3.8, 4) is 0 Å². The molecule has 1 aliphatic heterocycles. The van der Waals surface area contributed by atoms with Crippen molar-refractivity contribution in [1.82, 2.24) is 4.90 Å². The first-order chi connectivity index (χ1) is 11.0. The highest BCUT2D eigenvalue weighted by atomic mass is 16.5. The van der Waals surface area contributed by atoms with E-state index in [1.54, 1.807) is 6.92 Å². The Kier molecular flexibility index (Phi) is 6.01. The zero-order valence-electron chi connectivity index (χ0n) is 13.2. The Bertz CT molecular complexity index is 573. The third-order valence-electron chi connectivity index (χ3n) is 3.93. The molecule has 0 saturated carbocycles. The number of esters is 1. The fourth-order valence-electron chi connectivity index (χ4n) is 2.81. The highest BCUT2D eigenvalue weighted by molar-refractivity contribution is 6.36. The van der Waals surface area contributed by atoms with Crippen molar-refractivity contribution in [3.05, 3.63) is 35.9 Å². The Labute approximate surface area is 135 Å². The van der Waals surface area contributed by atoms with Crippen LogP contribution in [-0.4, -0.2) is 42.9 Å². The lowest BCUT2D eigenvalue weighted by molar-refractivity contribution is -0.155. The number of nitrogens with zero attached hydrogens (tertiary/aromatic N) is 1. The summed E-state index contributed by atoms with van der Waals surface area (Å²) in [5.41, 5.74) is 6.97. The van der Waals surface area contributed by atoms with Crippen LogP contribution in [0.2, 0.25) is 0 Å². The van der Waals surface area contributed by atoms with Crippen LogP contribution in [0.25, 0.3) is 0 Å². The van der Waals surface area contributed by atoms with Crippen LogP contribution < -0.4 is 10.6 Å². The SMILES string of the molecule is CCOC(=O)C(=O)[C@@H]1CCC[N+]1C(=O)[C@H](N)Cc1ccccc1. The van der Waals surface area contributed by atoms with E-state index in [4.69, 9.17) is 10.5 Å². The first-order valence-corrected chi connectivity index (χ1v) is 7.85. The van der Waals surface area contributed by atoms with Crippen molar-refractivity contribution < 1.29 is 19.1 Å². The number of carbonyl (C=O) groups is 3. The van der Waals surface area contributed by atoms with Gasteiger partial charge in [-0.3, -0.25) is 4.79 Å². The molecule has 2 rings (SSSR count). The largest absolute Gasteiger partial charge is 0.460 e. The molecule has 1 saturated heterocycles. The van der Waals surface area contributed by atoms with Crippen molar-refractivity contribution in [1.29, 1.82) is 0 Å². The summed E-state index contributed by atoms with van der Waals surface area (Å²) >= 11 is 0. The van der Waals surface area contributed by atoms with Gasteiger partial charge in [-0.25, -0.2) is 9.59 Å². The zero-order valence-corrected chi connectivity index (χ0v) is 13.2. The van der Waals surface area contributed by atoms with E-state index >= 15 is 0 Å². The maximum absolute atomic E-state index is 12.5. The average Bonchev–Trinajstić information content (AvgIpc) is 3.04. The number of hydrogen-bond donors (Lipinski definition) is 1. The quantitative estimate of drug-likeness (QED) is 0.469. The fourth-order valence-corrected chi connectivity index (χ4v) is 2.81. The Morgan fingerprint density at radius 1 is 1.30 bits per heavy atom. The van der Waals surface area contributed by atoms with E-state index in [0.29, 0.717) is 25.8 Å². The number of ketones is 1. The fraction of sp³-hybridized carbons (Fsp3) is 0.471. The molecule has 1 aromatic rings. The molecule has 0 unspecified atom stereocenters. The van der Waals surface area contributed by atoms with Gasteiger partial charge in [0.15, 0.2) is 0 Å². The molecule has 1 aromatic carbocycles. The molecule has 2 N–H and O–H groups in total. The average molecular weight is 318 g/mol. The van der Waals surface area contributed by atoms with E-state index in [1.165, 1.54) is 4.90 Å². The highest BCUT2D eigenvalue weighted by Crippen LogP contribution is 2.17. The Hall–Kier alpha value is -2.05. The topological polar surface area (TPSA) is 92.4 Å². The molecule has 6 nitrogen and oxygen atoms in total. The molecule has 123 valence electrons. The summed E-state index contributed by atoms with van der Waals surface area (Å²) in [4.78, 5) is 37.7. The third kappa shape index (κ3) is 4.24. The lowest BCUT2D eigenvalue weighted by atomic mass is 10.0. The Morgan fingerprint density at radius 2 is 2.00 bits per heavy atom. The molecule has 1 fully saturated rings. The van der Waals surface area contributed by atoms with Gasteiger partial charge in [0.05, 0.1) is 6.61 Å². The Balaban J connectivity index is 2.02.